The van der Waals surface area contributed by atoms with E-state index in [0.717, 1.165) is 6.54 Å². The summed E-state index contributed by atoms with van der Waals surface area (Å²) in [5.41, 5.74) is 6.84. The molecule has 1 aliphatic carbocycles. The van der Waals surface area contributed by atoms with Crippen LogP contribution >= 0.6 is 0 Å². The maximum absolute atomic E-state index is 8.67. The number of nitrogens with zero attached hydrogens (tertiary/aromatic N) is 2. The first-order valence-electron chi connectivity index (χ1n) is 7.09. The second-order valence-electron chi connectivity index (χ2n) is 5.16. The predicted octanol–water partition coefficient (Wildman–Crippen LogP) is 2.96. The van der Waals surface area contributed by atoms with Gasteiger partial charge < -0.3 is 15.8 Å². The molecule has 0 spiro atoms. The van der Waals surface area contributed by atoms with Gasteiger partial charge >= 0.3 is 0 Å². The Hall–Kier alpha value is -1.71. The van der Waals surface area contributed by atoms with Crippen LogP contribution in [0.3, 0.4) is 0 Å². The summed E-state index contributed by atoms with van der Waals surface area (Å²) in [5.74, 6) is 0.303. The second-order valence-corrected chi connectivity index (χ2v) is 5.16. The van der Waals surface area contributed by atoms with Crippen molar-refractivity contribution in [1.82, 2.24) is 0 Å². The van der Waals surface area contributed by atoms with Crippen molar-refractivity contribution >= 4 is 11.5 Å². The van der Waals surface area contributed by atoms with Gasteiger partial charge in [0, 0.05) is 24.7 Å². The van der Waals surface area contributed by atoms with Crippen LogP contribution in [0, 0.1) is 0 Å². The van der Waals surface area contributed by atoms with Crippen molar-refractivity contribution in [2.75, 3.05) is 11.4 Å². The van der Waals surface area contributed by atoms with Gasteiger partial charge in [-0.2, -0.15) is 0 Å². The molecule has 0 saturated heterocycles. The van der Waals surface area contributed by atoms with Crippen LogP contribution in [0.2, 0.25) is 0 Å². The summed E-state index contributed by atoms with van der Waals surface area (Å²) in [7, 11) is 0. The van der Waals surface area contributed by atoms with E-state index in [2.05, 4.69) is 34.3 Å². The van der Waals surface area contributed by atoms with E-state index in [1.54, 1.807) is 0 Å². The fraction of sp³-hybridized carbons (Fsp3) is 0.533. The molecule has 2 rings (SSSR count). The first-order valence-corrected chi connectivity index (χ1v) is 7.09. The lowest BCUT2D eigenvalue weighted by atomic mass is 9.93. The Bertz CT molecular complexity index is 399. The first kappa shape index (κ1) is 13.7. The van der Waals surface area contributed by atoms with Crippen LogP contribution in [0.1, 0.15) is 38.5 Å². The summed E-state index contributed by atoms with van der Waals surface area (Å²) in [6.07, 6.45) is 7.03. The van der Waals surface area contributed by atoms with Gasteiger partial charge in [0.2, 0.25) is 0 Å². The molecule has 1 saturated carbocycles. The maximum atomic E-state index is 8.67. The zero-order valence-electron chi connectivity index (χ0n) is 11.3. The molecular formula is C15H23N3O. The van der Waals surface area contributed by atoms with E-state index < -0.39 is 0 Å². The lowest BCUT2D eigenvalue weighted by Gasteiger charge is -2.36. The lowest BCUT2D eigenvalue weighted by Crippen LogP contribution is -2.39. The molecule has 0 heterocycles. The van der Waals surface area contributed by atoms with Gasteiger partial charge in [-0.25, -0.2) is 0 Å². The summed E-state index contributed by atoms with van der Waals surface area (Å²) < 4.78 is 0. The lowest BCUT2D eigenvalue weighted by molar-refractivity contribution is 0.316. The maximum Gasteiger partial charge on any atom is 0.140 e. The van der Waals surface area contributed by atoms with E-state index in [-0.39, 0.29) is 0 Å². The molecule has 4 nitrogen and oxygen atoms in total. The van der Waals surface area contributed by atoms with Crippen LogP contribution in [0.25, 0.3) is 0 Å². The van der Waals surface area contributed by atoms with Crippen LogP contribution in [0.15, 0.2) is 35.5 Å². The van der Waals surface area contributed by atoms with Crippen molar-refractivity contribution in [1.29, 1.82) is 0 Å². The van der Waals surface area contributed by atoms with Crippen LogP contribution < -0.4 is 10.6 Å². The molecule has 1 aliphatic rings. The third kappa shape index (κ3) is 3.88. The summed E-state index contributed by atoms with van der Waals surface area (Å²) in [5, 5.41) is 11.7. The quantitative estimate of drug-likeness (QED) is 0.371. The first-order chi connectivity index (χ1) is 9.31. The van der Waals surface area contributed by atoms with Gasteiger partial charge in [-0.1, -0.05) is 42.6 Å². The Morgan fingerprint density at radius 1 is 1.21 bits per heavy atom. The third-order valence-corrected chi connectivity index (χ3v) is 3.84. The van der Waals surface area contributed by atoms with E-state index in [1.165, 1.54) is 37.8 Å². The number of hydrogen-bond acceptors (Lipinski definition) is 3. The van der Waals surface area contributed by atoms with Gasteiger partial charge in [0.15, 0.2) is 0 Å². The van der Waals surface area contributed by atoms with Gasteiger partial charge in [0.1, 0.15) is 5.84 Å². The number of nitrogens with two attached hydrogens (primary N) is 1. The average Bonchev–Trinajstić information content (AvgIpc) is 2.49. The summed E-state index contributed by atoms with van der Waals surface area (Å²) in [6, 6.07) is 11.0. The molecule has 3 N–H and O–H groups in total. The third-order valence-electron chi connectivity index (χ3n) is 3.84. The van der Waals surface area contributed by atoms with Crippen molar-refractivity contribution in [2.45, 2.75) is 44.6 Å². The molecule has 0 bridgehead atoms. The van der Waals surface area contributed by atoms with Crippen LogP contribution in [-0.2, 0) is 0 Å². The van der Waals surface area contributed by atoms with Gasteiger partial charge in [-0.05, 0) is 25.0 Å². The van der Waals surface area contributed by atoms with E-state index in [4.69, 9.17) is 10.9 Å². The minimum atomic E-state index is 0.303. The number of anilines is 1. The summed E-state index contributed by atoms with van der Waals surface area (Å²) in [4.78, 5) is 2.41. The fourth-order valence-electron chi connectivity index (χ4n) is 2.82. The number of hydrogen-bond donors (Lipinski definition) is 2. The van der Waals surface area contributed by atoms with Crippen molar-refractivity contribution in [3.8, 4) is 0 Å². The highest BCUT2D eigenvalue weighted by molar-refractivity contribution is 5.80. The number of amidine groups is 1. The van der Waals surface area contributed by atoms with Crippen LogP contribution in [0.4, 0.5) is 5.69 Å². The highest BCUT2D eigenvalue weighted by Gasteiger charge is 2.21. The van der Waals surface area contributed by atoms with Crippen molar-refractivity contribution in [3.63, 3.8) is 0 Å². The minimum absolute atomic E-state index is 0.303. The molecule has 4 heteroatoms. The highest BCUT2D eigenvalue weighted by Crippen LogP contribution is 2.27. The van der Waals surface area contributed by atoms with Gasteiger partial charge in [-0.3, -0.25) is 0 Å². The largest absolute Gasteiger partial charge is 0.409 e. The smallest absolute Gasteiger partial charge is 0.140 e. The molecule has 0 unspecified atom stereocenters. The predicted molar refractivity (Wildman–Crippen MR) is 78.7 cm³/mol. The number of benzene rings is 1. The van der Waals surface area contributed by atoms with E-state index in [0.29, 0.717) is 18.3 Å². The van der Waals surface area contributed by atoms with E-state index >= 15 is 0 Å². The number of para-hydroxylation sites is 1. The molecule has 0 amide bonds. The molecular weight excluding hydrogens is 238 g/mol. The van der Waals surface area contributed by atoms with E-state index in [1.807, 2.05) is 6.07 Å². The normalized spacial score (nSPS) is 17.4. The van der Waals surface area contributed by atoms with Crippen molar-refractivity contribution < 1.29 is 5.21 Å². The Kier molecular flexibility index (Phi) is 5.07. The van der Waals surface area contributed by atoms with Gasteiger partial charge in [0.05, 0.1) is 0 Å². The van der Waals surface area contributed by atoms with Gasteiger partial charge in [-0.15, -0.1) is 0 Å². The minimum Gasteiger partial charge on any atom is -0.409 e. The Morgan fingerprint density at radius 2 is 1.89 bits per heavy atom. The summed E-state index contributed by atoms with van der Waals surface area (Å²) >= 11 is 0. The monoisotopic (exact) mass is 261 g/mol. The molecule has 0 aliphatic heterocycles. The molecule has 104 valence electrons. The van der Waals surface area contributed by atoms with Crippen LogP contribution in [0.5, 0.6) is 0 Å². The highest BCUT2D eigenvalue weighted by atomic mass is 16.4. The zero-order valence-corrected chi connectivity index (χ0v) is 11.3. The number of rotatable bonds is 5. The summed E-state index contributed by atoms with van der Waals surface area (Å²) in [6.45, 7) is 0.810. The van der Waals surface area contributed by atoms with Crippen molar-refractivity contribution in [3.05, 3.63) is 30.3 Å². The molecule has 0 radical (unpaired) electrons. The zero-order chi connectivity index (χ0) is 13.5. The van der Waals surface area contributed by atoms with Crippen LogP contribution in [-0.4, -0.2) is 23.6 Å². The SMILES string of the molecule is N/C(CCN(c1ccccc1)C1CCCCC1)=N\O. The van der Waals surface area contributed by atoms with Crippen molar-refractivity contribution in [2.24, 2.45) is 10.9 Å². The molecule has 1 fully saturated rings. The number of oxime groups is 1. The second kappa shape index (κ2) is 7.02. The Balaban J connectivity index is 2.08. The molecule has 1 aromatic carbocycles. The Labute approximate surface area is 114 Å². The topological polar surface area (TPSA) is 61.8 Å². The van der Waals surface area contributed by atoms with E-state index in [9.17, 15) is 0 Å². The van der Waals surface area contributed by atoms with Gasteiger partial charge in [0.25, 0.3) is 0 Å². The molecule has 19 heavy (non-hydrogen) atoms. The Morgan fingerprint density at radius 3 is 2.53 bits per heavy atom. The molecule has 0 atom stereocenters. The standard InChI is InChI=1S/C15H23N3O/c16-15(17-19)11-12-18(13-7-3-1-4-8-13)14-9-5-2-6-10-14/h1,3-4,7-8,14,19H,2,5-6,9-12H2,(H2,16,17). The molecule has 1 aromatic rings. The molecule has 0 aromatic heterocycles. The fourth-order valence-corrected chi connectivity index (χ4v) is 2.82. The average molecular weight is 261 g/mol.